The topological polar surface area (TPSA) is 42.4 Å². The fourth-order valence-corrected chi connectivity index (χ4v) is 3.53. The molecule has 1 fully saturated rings. The highest BCUT2D eigenvalue weighted by Gasteiger charge is 2.41. The number of rotatable bonds is 3. The molecule has 5 unspecified atom stereocenters. The average molecular weight is 285 g/mol. The Labute approximate surface area is 126 Å². The molecule has 0 spiro atoms. The molecule has 2 heterocycles. The third-order valence-electron chi connectivity index (χ3n) is 4.84. The maximum absolute atomic E-state index is 10.6. The first-order valence-corrected chi connectivity index (χ1v) is 7.74. The van der Waals surface area contributed by atoms with Crippen LogP contribution in [0.4, 0.5) is 0 Å². The van der Waals surface area contributed by atoms with E-state index in [9.17, 15) is 5.11 Å². The van der Waals surface area contributed by atoms with Gasteiger partial charge in [0, 0.05) is 23.4 Å². The van der Waals surface area contributed by atoms with Crippen LogP contribution in [0.15, 0.2) is 36.4 Å². The molecule has 1 aromatic carbocycles. The van der Waals surface area contributed by atoms with Gasteiger partial charge in [0.15, 0.2) is 0 Å². The molecule has 5 atom stereocenters. The Kier molecular flexibility index (Phi) is 3.96. The van der Waals surface area contributed by atoms with Gasteiger partial charge in [-0.2, -0.15) is 0 Å². The van der Waals surface area contributed by atoms with Gasteiger partial charge in [-0.3, -0.25) is 4.98 Å². The largest absolute Gasteiger partial charge is 0.392 e. The Morgan fingerprint density at radius 3 is 2.57 bits per heavy atom. The Balaban J connectivity index is 1.78. The van der Waals surface area contributed by atoms with Crippen molar-refractivity contribution >= 4 is 10.9 Å². The number of aromatic nitrogens is 1. The summed E-state index contributed by atoms with van der Waals surface area (Å²) in [5.41, 5.74) is 1.93. The minimum absolute atomic E-state index is 0.102. The fraction of sp³-hybridized carbons (Fsp3) is 0.500. The van der Waals surface area contributed by atoms with Gasteiger partial charge >= 0.3 is 0 Å². The van der Waals surface area contributed by atoms with Crippen molar-refractivity contribution in [2.24, 2.45) is 11.8 Å². The molecule has 3 rings (SSSR count). The number of pyridine rings is 1. The zero-order chi connectivity index (χ0) is 15.0. The van der Waals surface area contributed by atoms with Crippen LogP contribution in [0.3, 0.4) is 0 Å². The van der Waals surface area contributed by atoms with Gasteiger partial charge in [0.1, 0.15) is 0 Å². The van der Waals surface area contributed by atoms with Crippen LogP contribution < -0.4 is 0 Å². The first kappa shape index (κ1) is 14.5. The number of fused-ring (bicyclic) bond motifs is 1. The highest BCUT2D eigenvalue weighted by atomic mass is 16.5. The third-order valence-corrected chi connectivity index (χ3v) is 4.84. The van der Waals surface area contributed by atoms with Crippen molar-refractivity contribution < 1.29 is 9.84 Å². The molecular formula is C18H23NO2. The standard InChI is InChI=1S/C18H23NO2/c1-11-12(2)21-13(3)18(11)17(20)10-15-9-8-14-6-4-5-7-16(14)19-15/h4-9,11-13,17-18,20H,10H2,1-3H3. The summed E-state index contributed by atoms with van der Waals surface area (Å²) < 4.78 is 5.83. The molecular weight excluding hydrogens is 262 g/mol. The van der Waals surface area contributed by atoms with Crippen LogP contribution in [0.5, 0.6) is 0 Å². The fourth-order valence-electron chi connectivity index (χ4n) is 3.53. The lowest BCUT2D eigenvalue weighted by Gasteiger charge is -2.24. The summed E-state index contributed by atoms with van der Waals surface area (Å²) in [7, 11) is 0. The molecule has 1 aliphatic heterocycles. The number of ether oxygens (including phenoxy) is 1. The highest BCUT2D eigenvalue weighted by Crippen LogP contribution is 2.35. The molecule has 3 heteroatoms. The Bertz CT molecular complexity index is 627. The summed E-state index contributed by atoms with van der Waals surface area (Å²) in [6.45, 7) is 6.31. The second-order valence-corrected chi connectivity index (χ2v) is 6.25. The van der Waals surface area contributed by atoms with Crippen LogP contribution in [-0.4, -0.2) is 28.4 Å². The number of benzene rings is 1. The predicted octanol–water partition coefficient (Wildman–Crippen LogP) is 3.20. The van der Waals surface area contributed by atoms with Crippen molar-refractivity contribution in [3.8, 4) is 0 Å². The lowest BCUT2D eigenvalue weighted by Crippen LogP contribution is -2.32. The third kappa shape index (κ3) is 2.81. The SMILES string of the molecule is CC1OC(C)C(C(O)Cc2ccc3ccccc3n2)C1C. The molecule has 2 aromatic rings. The molecule has 0 amide bonds. The van der Waals surface area contributed by atoms with Gasteiger partial charge in [0.25, 0.3) is 0 Å². The van der Waals surface area contributed by atoms with Gasteiger partial charge in [-0.1, -0.05) is 31.2 Å². The molecule has 0 radical (unpaired) electrons. The van der Waals surface area contributed by atoms with Crippen LogP contribution in [0.25, 0.3) is 10.9 Å². The Morgan fingerprint density at radius 1 is 1.10 bits per heavy atom. The van der Waals surface area contributed by atoms with Gasteiger partial charge in [-0.25, -0.2) is 0 Å². The molecule has 1 aliphatic rings. The monoisotopic (exact) mass is 285 g/mol. The summed E-state index contributed by atoms with van der Waals surface area (Å²) in [6.07, 6.45) is 0.489. The molecule has 0 bridgehead atoms. The first-order chi connectivity index (χ1) is 10.1. The molecule has 1 saturated heterocycles. The average Bonchev–Trinajstić information content (AvgIpc) is 2.72. The number of hydrogen-bond acceptors (Lipinski definition) is 3. The Hall–Kier alpha value is -1.45. The minimum Gasteiger partial charge on any atom is -0.392 e. The molecule has 112 valence electrons. The van der Waals surface area contributed by atoms with Gasteiger partial charge < -0.3 is 9.84 Å². The van der Waals surface area contributed by atoms with E-state index in [4.69, 9.17) is 4.74 Å². The van der Waals surface area contributed by atoms with E-state index >= 15 is 0 Å². The van der Waals surface area contributed by atoms with E-state index < -0.39 is 6.10 Å². The van der Waals surface area contributed by atoms with E-state index in [-0.39, 0.29) is 18.1 Å². The number of para-hydroxylation sites is 1. The zero-order valence-corrected chi connectivity index (χ0v) is 12.9. The summed E-state index contributed by atoms with van der Waals surface area (Å²) >= 11 is 0. The number of hydrogen-bond donors (Lipinski definition) is 1. The summed E-state index contributed by atoms with van der Waals surface area (Å²) in [6, 6.07) is 12.2. The van der Waals surface area contributed by atoms with E-state index in [1.54, 1.807) is 0 Å². The van der Waals surface area contributed by atoms with E-state index in [1.165, 1.54) is 0 Å². The summed E-state index contributed by atoms with van der Waals surface area (Å²) in [5, 5.41) is 11.7. The normalized spacial score (nSPS) is 30.7. The van der Waals surface area contributed by atoms with E-state index in [0.29, 0.717) is 12.3 Å². The minimum atomic E-state index is -0.409. The highest BCUT2D eigenvalue weighted by molar-refractivity contribution is 5.78. The summed E-state index contributed by atoms with van der Waals surface area (Å²) in [4.78, 5) is 4.65. The van der Waals surface area contributed by atoms with E-state index in [2.05, 4.69) is 37.9 Å². The van der Waals surface area contributed by atoms with Crippen molar-refractivity contribution in [3.05, 3.63) is 42.1 Å². The van der Waals surface area contributed by atoms with Crippen LogP contribution in [-0.2, 0) is 11.2 Å². The summed E-state index contributed by atoms with van der Waals surface area (Å²) in [5.74, 6) is 0.545. The van der Waals surface area contributed by atoms with Crippen LogP contribution in [0.2, 0.25) is 0 Å². The molecule has 21 heavy (non-hydrogen) atoms. The van der Waals surface area contributed by atoms with Crippen LogP contribution in [0.1, 0.15) is 26.5 Å². The van der Waals surface area contributed by atoms with Crippen LogP contribution in [0, 0.1) is 11.8 Å². The number of nitrogens with zero attached hydrogens (tertiary/aromatic N) is 1. The lowest BCUT2D eigenvalue weighted by atomic mass is 9.83. The molecule has 3 nitrogen and oxygen atoms in total. The second kappa shape index (κ2) is 5.74. The zero-order valence-electron chi connectivity index (χ0n) is 12.9. The van der Waals surface area contributed by atoms with E-state index in [1.807, 2.05) is 24.3 Å². The van der Waals surface area contributed by atoms with Gasteiger partial charge in [0.05, 0.1) is 23.8 Å². The molecule has 0 saturated carbocycles. The Morgan fingerprint density at radius 2 is 1.86 bits per heavy atom. The van der Waals surface area contributed by atoms with Crippen molar-refractivity contribution in [1.82, 2.24) is 4.98 Å². The van der Waals surface area contributed by atoms with Gasteiger partial charge in [-0.15, -0.1) is 0 Å². The maximum Gasteiger partial charge on any atom is 0.0705 e. The quantitative estimate of drug-likeness (QED) is 0.941. The first-order valence-electron chi connectivity index (χ1n) is 7.74. The molecule has 1 aromatic heterocycles. The van der Waals surface area contributed by atoms with Crippen molar-refractivity contribution in [2.75, 3.05) is 0 Å². The van der Waals surface area contributed by atoms with Crippen molar-refractivity contribution in [2.45, 2.75) is 45.5 Å². The van der Waals surface area contributed by atoms with Gasteiger partial charge in [0.2, 0.25) is 0 Å². The number of aliphatic hydroxyl groups excluding tert-OH is 1. The van der Waals surface area contributed by atoms with Crippen molar-refractivity contribution in [3.63, 3.8) is 0 Å². The van der Waals surface area contributed by atoms with Crippen molar-refractivity contribution in [1.29, 1.82) is 0 Å². The smallest absolute Gasteiger partial charge is 0.0705 e. The second-order valence-electron chi connectivity index (χ2n) is 6.25. The predicted molar refractivity (Wildman–Crippen MR) is 84.1 cm³/mol. The molecule has 0 aliphatic carbocycles. The van der Waals surface area contributed by atoms with Gasteiger partial charge in [-0.05, 0) is 31.9 Å². The van der Waals surface area contributed by atoms with E-state index in [0.717, 1.165) is 16.6 Å². The lowest BCUT2D eigenvalue weighted by molar-refractivity contribution is 0.0237. The molecule has 1 N–H and O–H groups in total. The number of aliphatic hydroxyl groups is 1. The van der Waals surface area contributed by atoms with Crippen LogP contribution >= 0.6 is 0 Å². The maximum atomic E-state index is 10.6.